The van der Waals surface area contributed by atoms with Gasteiger partial charge in [-0.25, -0.2) is 4.98 Å². The van der Waals surface area contributed by atoms with Gasteiger partial charge in [-0.2, -0.15) is 5.10 Å². The fourth-order valence-electron chi connectivity index (χ4n) is 2.68. The molecule has 2 aromatic heterocycles. The highest BCUT2D eigenvalue weighted by atomic mass is 16.5. The Morgan fingerprint density at radius 3 is 3.14 bits per heavy atom. The zero-order valence-electron chi connectivity index (χ0n) is 12.3. The minimum Gasteiger partial charge on any atom is -0.485 e. The van der Waals surface area contributed by atoms with Crippen LogP contribution in [0.15, 0.2) is 30.7 Å². The van der Waals surface area contributed by atoms with Crippen molar-refractivity contribution in [3.63, 3.8) is 0 Å². The van der Waals surface area contributed by atoms with E-state index in [0.29, 0.717) is 17.2 Å². The fraction of sp³-hybridized carbons (Fsp3) is 0.400. The molecule has 1 aliphatic carbocycles. The summed E-state index contributed by atoms with van der Waals surface area (Å²) in [7, 11) is 1.50. The van der Waals surface area contributed by atoms with Crippen molar-refractivity contribution in [1.82, 2.24) is 20.5 Å². The fourth-order valence-corrected chi connectivity index (χ4v) is 2.68. The predicted molar refractivity (Wildman–Crippen MR) is 78.9 cm³/mol. The molecular formula is C15H18N4O3. The Balaban J connectivity index is 1.67. The van der Waals surface area contributed by atoms with Crippen molar-refractivity contribution in [2.45, 2.75) is 31.4 Å². The van der Waals surface area contributed by atoms with Crippen LogP contribution in [-0.4, -0.2) is 40.3 Å². The maximum atomic E-state index is 12.4. The molecule has 3 rings (SSSR count). The Kier molecular flexibility index (Phi) is 4.22. The number of carbonyl (C=O) groups excluding carboxylic acids is 1. The first-order chi connectivity index (χ1) is 10.8. The van der Waals surface area contributed by atoms with Crippen LogP contribution in [0.25, 0.3) is 0 Å². The molecule has 2 heterocycles. The first-order valence-corrected chi connectivity index (χ1v) is 7.23. The number of hydrogen-bond acceptors (Lipinski definition) is 5. The van der Waals surface area contributed by atoms with Gasteiger partial charge in [0.15, 0.2) is 5.75 Å². The van der Waals surface area contributed by atoms with E-state index < -0.39 is 0 Å². The zero-order chi connectivity index (χ0) is 15.4. The summed E-state index contributed by atoms with van der Waals surface area (Å²) in [5, 5.41) is 9.59. The van der Waals surface area contributed by atoms with Crippen molar-refractivity contribution in [1.29, 1.82) is 0 Å². The van der Waals surface area contributed by atoms with Gasteiger partial charge >= 0.3 is 0 Å². The molecule has 2 N–H and O–H groups in total. The number of H-pyrrole nitrogens is 1. The van der Waals surface area contributed by atoms with E-state index in [4.69, 9.17) is 9.47 Å². The van der Waals surface area contributed by atoms with Gasteiger partial charge in [-0.05, 0) is 31.4 Å². The number of carbonyl (C=O) groups is 1. The van der Waals surface area contributed by atoms with Crippen LogP contribution in [0.2, 0.25) is 0 Å². The highest BCUT2D eigenvalue weighted by Crippen LogP contribution is 2.25. The minimum atomic E-state index is -0.197. The molecule has 1 fully saturated rings. The molecule has 0 saturated heterocycles. The Hall–Kier alpha value is -2.57. The van der Waals surface area contributed by atoms with Gasteiger partial charge in [-0.15, -0.1) is 0 Å². The average molecular weight is 302 g/mol. The zero-order valence-corrected chi connectivity index (χ0v) is 12.3. The molecule has 1 amide bonds. The van der Waals surface area contributed by atoms with E-state index in [1.54, 1.807) is 30.7 Å². The number of aromatic amines is 1. The summed E-state index contributed by atoms with van der Waals surface area (Å²) < 4.78 is 11.0. The second kappa shape index (κ2) is 6.46. The maximum Gasteiger partial charge on any atom is 0.257 e. The van der Waals surface area contributed by atoms with Crippen LogP contribution in [0.4, 0.5) is 0 Å². The highest BCUT2D eigenvalue weighted by molar-refractivity contribution is 5.96. The molecule has 0 aromatic carbocycles. The Bertz CT molecular complexity index is 629. The summed E-state index contributed by atoms with van der Waals surface area (Å²) in [4.78, 5) is 16.5. The first-order valence-electron chi connectivity index (χ1n) is 7.23. The smallest absolute Gasteiger partial charge is 0.257 e. The molecule has 0 aliphatic heterocycles. The molecule has 0 bridgehead atoms. The Morgan fingerprint density at radius 1 is 1.45 bits per heavy atom. The molecule has 2 aromatic rings. The summed E-state index contributed by atoms with van der Waals surface area (Å²) >= 11 is 0. The molecule has 22 heavy (non-hydrogen) atoms. The van der Waals surface area contributed by atoms with E-state index in [1.807, 2.05) is 0 Å². The van der Waals surface area contributed by atoms with Gasteiger partial charge in [0.2, 0.25) is 5.88 Å². The third kappa shape index (κ3) is 3.03. The van der Waals surface area contributed by atoms with E-state index in [-0.39, 0.29) is 18.1 Å². The number of aromatic nitrogens is 3. The minimum absolute atomic E-state index is 0.0349. The second-order valence-electron chi connectivity index (χ2n) is 5.16. The normalized spacial score (nSPS) is 20.6. The van der Waals surface area contributed by atoms with Crippen molar-refractivity contribution >= 4 is 5.91 Å². The lowest BCUT2D eigenvalue weighted by atomic mass is 10.2. The van der Waals surface area contributed by atoms with Crippen molar-refractivity contribution in [3.05, 3.63) is 36.3 Å². The SMILES string of the molecule is COc1ncccc1C(=O)N[C@H]1CCC[C@H]1Oc1cn[nH]c1. The number of methoxy groups -OCH3 is 1. The lowest BCUT2D eigenvalue weighted by molar-refractivity contribution is 0.0890. The van der Waals surface area contributed by atoms with Gasteiger partial charge in [-0.1, -0.05) is 0 Å². The van der Waals surface area contributed by atoms with Crippen LogP contribution >= 0.6 is 0 Å². The summed E-state index contributed by atoms with van der Waals surface area (Å²) in [5.74, 6) is 0.813. The van der Waals surface area contributed by atoms with Gasteiger partial charge in [0.25, 0.3) is 5.91 Å². The van der Waals surface area contributed by atoms with E-state index in [9.17, 15) is 4.79 Å². The maximum absolute atomic E-state index is 12.4. The monoisotopic (exact) mass is 302 g/mol. The average Bonchev–Trinajstić information content (AvgIpc) is 3.20. The number of hydrogen-bond donors (Lipinski definition) is 2. The molecule has 0 spiro atoms. The molecule has 2 atom stereocenters. The van der Waals surface area contributed by atoms with E-state index >= 15 is 0 Å². The summed E-state index contributed by atoms with van der Waals surface area (Å²) in [5.41, 5.74) is 0.430. The van der Waals surface area contributed by atoms with Crippen LogP contribution in [0.5, 0.6) is 11.6 Å². The van der Waals surface area contributed by atoms with Crippen molar-refractivity contribution in [2.24, 2.45) is 0 Å². The lowest BCUT2D eigenvalue weighted by Crippen LogP contribution is -2.42. The molecule has 0 radical (unpaired) electrons. The Labute approximate surface area is 128 Å². The van der Waals surface area contributed by atoms with E-state index in [1.165, 1.54) is 7.11 Å². The number of nitrogens with one attached hydrogen (secondary N) is 2. The van der Waals surface area contributed by atoms with Crippen molar-refractivity contribution < 1.29 is 14.3 Å². The predicted octanol–water partition coefficient (Wildman–Crippen LogP) is 1.54. The molecule has 0 unspecified atom stereocenters. The van der Waals surface area contributed by atoms with E-state index in [0.717, 1.165) is 19.3 Å². The number of nitrogens with zero attached hydrogens (tertiary/aromatic N) is 2. The number of amides is 1. The van der Waals surface area contributed by atoms with Crippen LogP contribution in [0.1, 0.15) is 29.6 Å². The molecule has 1 saturated carbocycles. The number of ether oxygens (including phenoxy) is 2. The standard InChI is InChI=1S/C15H18N4O3/c1-21-15-11(4-3-7-16-15)14(20)19-12-5-2-6-13(12)22-10-8-17-18-9-10/h3-4,7-9,12-13H,2,5-6H2,1H3,(H,17,18)(H,19,20)/t12-,13+/m0/s1. The molecule has 1 aliphatic rings. The summed E-state index contributed by atoms with van der Waals surface area (Å²) in [6, 6.07) is 3.38. The van der Waals surface area contributed by atoms with Crippen LogP contribution in [0, 0.1) is 0 Å². The lowest BCUT2D eigenvalue weighted by Gasteiger charge is -2.21. The summed E-state index contributed by atoms with van der Waals surface area (Å²) in [6.07, 6.45) is 7.66. The van der Waals surface area contributed by atoms with Crippen LogP contribution in [0.3, 0.4) is 0 Å². The first kappa shape index (κ1) is 14.4. The highest BCUT2D eigenvalue weighted by Gasteiger charge is 2.31. The van der Waals surface area contributed by atoms with Gasteiger partial charge in [-0.3, -0.25) is 9.89 Å². The topological polar surface area (TPSA) is 89.1 Å². The molecule has 116 valence electrons. The van der Waals surface area contributed by atoms with Crippen LogP contribution in [-0.2, 0) is 0 Å². The molecular weight excluding hydrogens is 284 g/mol. The van der Waals surface area contributed by atoms with Gasteiger partial charge in [0.05, 0.1) is 25.5 Å². The summed E-state index contributed by atoms with van der Waals surface area (Å²) in [6.45, 7) is 0. The number of rotatable bonds is 5. The third-order valence-corrected chi connectivity index (χ3v) is 3.74. The van der Waals surface area contributed by atoms with E-state index in [2.05, 4.69) is 20.5 Å². The molecule has 7 nitrogen and oxygen atoms in total. The van der Waals surface area contributed by atoms with Crippen molar-refractivity contribution in [2.75, 3.05) is 7.11 Å². The largest absolute Gasteiger partial charge is 0.485 e. The van der Waals surface area contributed by atoms with Crippen molar-refractivity contribution in [3.8, 4) is 11.6 Å². The second-order valence-corrected chi connectivity index (χ2v) is 5.16. The quantitative estimate of drug-likeness (QED) is 0.874. The van der Waals surface area contributed by atoms with Gasteiger partial charge in [0.1, 0.15) is 11.7 Å². The van der Waals surface area contributed by atoms with Gasteiger partial charge in [0, 0.05) is 6.20 Å². The van der Waals surface area contributed by atoms with Gasteiger partial charge < -0.3 is 14.8 Å². The third-order valence-electron chi connectivity index (χ3n) is 3.74. The van der Waals surface area contributed by atoms with Crippen LogP contribution < -0.4 is 14.8 Å². The Morgan fingerprint density at radius 2 is 2.36 bits per heavy atom. The number of pyridine rings is 1. The molecule has 7 heteroatoms.